The fourth-order valence-corrected chi connectivity index (χ4v) is 2.50. The number of allylic oxidation sites excluding steroid dienone is 1. The molecule has 120 valence electrons. The predicted molar refractivity (Wildman–Crippen MR) is 98.4 cm³/mol. The van der Waals surface area contributed by atoms with Crippen molar-refractivity contribution in [2.45, 2.75) is 13.5 Å². The molecule has 0 heterocycles. The Hall–Kier alpha value is -1.97. The van der Waals surface area contributed by atoms with Crippen LogP contribution in [0.5, 0.6) is 5.75 Å². The van der Waals surface area contributed by atoms with E-state index in [2.05, 4.69) is 4.99 Å². The zero-order chi connectivity index (χ0) is 16.7. The molecule has 0 radical (unpaired) electrons. The number of rotatable bonds is 6. The van der Waals surface area contributed by atoms with Crippen LogP contribution in [0.3, 0.4) is 0 Å². The highest BCUT2D eigenvalue weighted by molar-refractivity contribution is 6.35. The summed E-state index contributed by atoms with van der Waals surface area (Å²) in [6, 6.07) is 13.0. The van der Waals surface area contributed by atoms with Crippen molar-refractivity contribution in [2.24, 2.45) is 10.7 Å². The third kappa shape index (κ3) is 4.75. The Bertz CT molecular complexity index is 706. The summed E-state index contributed by atoms with van der Waals surface area (Å²) in [7, 11) is 0. The second-order valence-electron chi connectivity index (χ2n) is 4.77. The normalized spacial score (nSPS) is 11.9. The van der Waals surface area contributed by atoms with Crippen molar-refractivity contribution in [3.8, 4) is 5.75 Å². The molecule has 5 heteroatoms. The van der Waals surface area contributed by atoms with Gasteiger partial charge in [0.15, 0.2) is 0 Å². The Morgan fingerprint density at radius 1 is 1.17 bits per heavy atom. The Balaban J connectivity index is 2.16. The third-order valence-electron chi connectivity index (χ3n) is 3.20. The van der Waals surface area contributed by atoms with Gasteiger partial charge < -0.3 is 10.5 Å². The van der Waals surface area contributed by atoms with Gasteiger partial charge in [0.1, 0.15) is 12.4 Å². The Kier molecular flexibility index (Phi) is 6.51. The van der Waals surface area contributed by atoms with E-state index in [1.165, 1.54) is 6.20 Å². The summed E-state index contributed by atoms with van der Waals surface area (Å²) in [5, 5.41) is 1.18. The van der Waals surface area contributed by atoms with Crippen molar-refractivity contribution in [1.29, 1.82) is 0 Å². The molecule has 2 rings (SSSR count). The van der Waals surface area contributed by atoms with E-state index in [0.717, 1.165) is 16.7 Å². The standard InChI is InChI=1S/C18H18Cl2N2O/c1-2-22-11-14(10-21)13-5-3-6-15(9-13)23-12-16-17(19)7-4-8-18(16)20/h3-11H,2,12,21H2,1H3/b14-10+,22-11?. The van der Waals surface area contributed by atoms with Gasteiger partial charge in [0.25, 0.3) is 0 Å². The number of nitrogens with two attached hydrogens (primary N) is 1. The quantitative estimate of drug-likeness (QED) is 0.749. The lowest BCUT2D eigenvalue weighted by molar-refractivity contribution is 0.306. The molecule has 0 aliphatic heterocycles. The van der Waals surface area contributed by atoms with Gasteiger partial charge in [0, 0.05) is 40.1 Å². The smallest absolute Gasteiger partial charge is 0.120 e. The highest BCUT2D eigenvalue weighted by Crippen LogP contribution is 2.26. The first-order valence-corrected chi connectivity index (χ1v) is 7.99. The summed E-state index contributed by atoms with van der Waals surface area (Å²) in [5.41, 5.74) is 8.22. The lowest BCUT2D eigenvalue weighted by Gasteiger charge is -2.11. The third-order valence-corrected chi connectivity index (χ3v) is 3.91. The van der Waals surface area contributed by atoms with E-state index in [4.69, 9.17) is 33.7 Å². The van der Waals surface area contributed by atoms with E-state index >= 15 is 0 Å². The fourth-order valence-electron chi connectivity index (χ4n) is 1.99. The van der Waals surface area contributed by atoms with Gasteiger partial charge >= 0.3 is 0 Å². The minimum Gasteiger partial charge on any atom is -0.489 e. The molecule has 0 spiro atoms. The molecule has 23 heavy (non-hydrogen) atoms. The van der Waals surface area contributed by atoms with E-state index in [0.29, 0.717) is 28.9 Å². The maximum atomic E-state index is 6.15. The van der Waals surface area contributed by atoms with Gasteiger partial charge in [-0.05, 0) is 36.8 Å². The van der Waals surface area contributed by atoms with Crippen LogP contribution in [0, 0.1) is 0 Å². The maximum absolute atomic E-state index is 6.15. The number of ether oxygens (including phenoxy) is 1. The summed E-state index contributed by atoms with van der Waals surface area (Å²) in [4.78, 5) is 4.22. The summed E-state index contributed by atoms with van der Waals surface area (Å²) >= 11 is 12.3. The second kappa shape index (κ2) is 8.61. The van der Waals surface area contributed by atoms with Crippen molar-refractivity contribution in [3.63, 3.8) is 0 Å². The minimum absolute atomic E-state index is 0.298. The molecule has 0 aliphatic carbocycles. The molecule has 0 aliphatic rings. The molecule has 2 aromatic carbocycles. The zero-order valence-electron chi connectivity index (χ0n) is 12.8. The topological polar surface area (TPSA) is 47.6 Å². The molecule has 2 aromatic rings. The lowest BCUT2D eigenvalue weighted by atomic mass is 10.1. The molecule has 0 fully saturated rings. The lowest BCUT2D eigenvalue weighted by Crippen LogP contribution is -1.98. The Morgan fingerprint density at radius 3 is 2.52 bits per heavy atom. The average molecular weight is 349 g/mol. The Labute approximate surface area is 146 Å². The number of benzene rings is 2. The van der Waals surface area contributed by atoms with Crippen LogP contribution in [-0.4, -0.2) is 12.8 Å². The van der Waals surface area contributed by atoms with Crippen molar-refractivity contribution in [3.05, 3.63) is 69.8 Å². The number of hydrogen-bond donors (Lipinski definition) is 1. The number of aliphatic imine (C=N–C) groups is 1. The summed E-state index contributed by atoms with van der Waals surface area (Å²) in [6.07, 6.45) is 3.28. The van der Waals surface area contributed by atoms with Crippen LogP contribution in [0.25, 0.3) is 5.57 Å². The number of halogens is 2. The van der Waals surface area contributed by atoms with Gasteiger partial charge in [-0.1, -0.05) is 41.4 Å². The Morgan fingerprint density at radius 2 is 1.87 bits per heavy atom. The molecule has 0 unspecified atom stereocenters. The van der Waals surface area contributed by atoms with E-state index in [-0.39, 0.29) is 0 Å². The summed E-state index contributed by atoms with van der Waals surface area (Å²) in [5.74, 6) is 0.711. The van der Waals surface area contributed by atoms with E-state index in [1.54, 1.807) is 24.4 Å². The molecule has 0 saturated heterocycles. The molecule has 0 aromatic heterocycles. The number of nitrogens with zero attached hydrogens (tertiary/aromatic N) is 1. The first-order chi connectivity index (χ1) is 11.2. The van der Waals surface area contributed by atoms with Crippen molar-refractivity contribution in [1.82, 2.24) is 0 Å². The molecular weight excluding hydrogens is 331 g/mol. The van der Waals surface area contributed by atoms with Gasteiger partial charge in [-0.2, -0.15) is 0 Å². The summed E-state index contributed by atoms with van der Waals surface area (Å²) < 4.78 is 5.81. The van der Waals surface area contributed by atoms with E-state index in [1.807, 2.05) is 31.2 Å². The van der Waals surface area contributed by atoms with Crippen LogP contribution in [-0.2, 0) is 6.61 Å². The molecule has 2 N–H and O–H groups in total. The van der Waals surface area contributed by atoms with E-state index < -0.39 is 0 Å². The van der Waals surface area contributed by atoms with Gasteiger partial charge in [0.05, 0.1) is 0 Å². The monoisotopic (exact) mass is 348 g/mol. The van der Waals surface area contributed by atoms with Crippen molar-refractivity contribution in [2.75, 3.05) is 6.54 Å². The molecule has 0 atom stereocenters. The van der Waals surface area contributed by atoms with Crippen LogP contribution in [0.15, 0.2) is 53.7 Å². The van der Waals surface area contributed by atoms with Crippen LogP contribution >= 0.6 is 23.2 Å². The predicted octanol–water partition coefficient (Wildman–Crippen LogP) is 4.96. The van der Waals surface area contributed by atoms with Crippen LogP contribution in [0.4, 0.5) is 0 Å². The maximum Gasteiger partial charge on any atom is 0.120 e. The van der Waals surface area contributed by atoms with Gasteiger partial charge in [-0.3, -0.25) is 4.99 Å². The molecule has 0 saturated carbocycles. The minimum atomic E-state index is 0.298. The highest BCUT2D eigenvalue weighted by atomic mass is 35.5. The van der Waals surface area contributed by atoms with Crippen molar-refractivity contribution < 1.29 is 4.74 Å². The van der Waals surface area contributed by atoms with Gasteiger partial charge in [0.2, 0.25) is 0 Å². The van der Waals surface area contributed by atoms with Crippen molar-refractivity contribution >= 4 is 35.0 Å². The first kappa shape index (κ1) is 17.4. The largest absolute Gasteiger partial charge is 0.489 e. The molecular formula is C18H18Cl2N2O. The number of hydrogen-bond acceptors (Lipinski definition) is 3. The SMILES string of the molecule is CCN=C/C(=C\N)c1cccc(OCc2c(Cl)cccc2Cl)c1. The fraction of sp³-hybridized carbons (Fsp3) is 0.167. The van der Waals surface area contributed by atoms with Crippen LogP contribution in [0.2, 0.25) is 10.0 Å². The highest BCUT2D eigenvalue weighted by Gasteiger charge is 2.07. The molecule has 0 amide bonds. The van der Waals surface area contributed by atoms with Crippen LogP contribution < -0.4 is 10.5 Å². The van der Waals surface area contributed by atoms with Gasteiger partial charge in [-0.25, -0.2) is 0 Å². The zero-order valence-corrected chi connectivity index (χ0v) is 14.3. The first-order valence-electron chi connectivity index (χ1n) is 7.23. The van der Waals surface area contributed by atoms with E-state index in [9.17, 15) is 0 Å². The average Bonchev–Trinajstić information content (AvgIpc) is 2.55. The molecule has 3 nitrogen and oxygen atoms in total. The van der Waals surface area contributed by atoms with Crippen LogP contribution in [0.1, 0.15) is 18.1 Å². The van der Waals surface area contributed by atoms with Gasteiger partial charge in [-0.15, -0.1) is 0 Å². The summed E-state index contributed by atoms with van der Waals surface area (Å²) in [6.45, 7) is 2.97. The molecule has 0 bridgehead atoms. The second-order valence-corrected chi connectivity index (χ2v) is 5.58.